The Morgan fingerprint density at radius 2 is 1.58 bits per heavy atom. The van der Waals surface area contributed by atoms with Gasteiger partial charge in [-0.05, 0) is 60.1 Å². The van der Waals surface area contributed by atoms with E-state index in [1.165, 1.54) is 0 Å². The summed E-state index contributed by atoms with van der Waals surface area (Å²) in [5.41, 5.74) is 7.47. The predicted octanol–water partition coefficient (Wildman–Crippen LogP) is 5.16. The van der Waals surface area contributed by atoms with Crippen molar-refractivity contribution in [3.63, 3.8) is 0 Å². The fourth-order valence-electron chi connectivity index (χ4n) is 2.85. The van der Waals surface area contributed by atoms with Crippen molar-refractivity contribution in [2.24, 2.45) is 0 Å². The second-order valence-electron chi connectivity index (χ2n) is 6.93. The molecule has 0 bridgehead atoms. The normalized spacial score (nSPS) is 10.2. The van der Waals surface area contributed by atoms with Gasteiger partial charge in [-0.15, -0.1) is 0 Å². The quantitative estimate of drug-likeness (QED) is 0.237. The van der Waals surface area contributed by atoms with E-state index in [1.54, 1.807) is 30.3 Å². The molecule has 3 N–H and O–H groups in total. The minimum atomic E-state index is -0.380. The van der Waals surface area contributed by atoms with Crippen LogP contribution in [0.5, 0.6) is 5.75 Å². The van der Waals surface area contributed by atoms with Crippen molar-refractivity contribution in [2.45, 2.75) is 12.8 Å². The van der Waals surface area contributed by atoms with Crippen LogP contribution in [0.2, 0.25) is 10.0 Å². The van der Waals surface area contributed by atoms with Gasteiger partial charge < -0.3 is 4.74 Å². The molecule has 0 spiro atoms. The summed E-state index contributed by atoms with van der Waals surface area (Å²) in [6.45, 7) is 0.301. The Labute approximate surface area is 207 Å². The lowest BCUT2D eigenvalue weighted by atomic mass is 10.0. The first-order chi connectivity index (χ1) is 15.9. The van der Waals surface area contributed by atoms with Crippen LogP contribution >= 0.6 is 35.4 Å². The zero-order valence-corrected chi connectivity index (χ0v) is 19.8. The maximum Gasteiger partial charge on any atom is 0.257 e. The number of hydrazine groups is 1. The predicted molar refractivity (Wildman–Crippen MR) is 134 cm³/mol. The standard InChI is InChI=1S/C24H21Cl2N3O3S/c25-19-12-13-21(20(26)15-19)32-14-4-7-22(30)28-29-24(33)27-23(31)18-10-8-17(9-11-18)16-5-2-1-3-6-16/h1-3,5-6,8-13,15H,4,7,14H2,(H,28,30)(H2,27,29,31,33). The number of rotatable bonds is 7. The Balaban J connectivity index is 1.36. The number of halogens is 2. The molecule has 0 radical (unpaired) electrons. The fraction of sp³-hybridized carbons (Fsp3) is 0.125. The van der Waals surface area contributed by atoms with E-state index in [1.807, 2.05) is 42.5 Å². The van der Waals surface area contributed by atoms with E-state index in [2.05, 4.69) is 16.2 Å². The summed E-state index contributed by atoms with van der Waals surface area (Å²) in [6.07, 6.45) is 0.648. The van der Waals surface area contributed by atoms with Crippen molar-refractivity contribution < 1.29 is 14.3 Å². The van der Waals surface area contributed by atoms with Gasteiger partial charge in [0.1, 0.15) is 5.75 Å². The number of benzene rings is 3. The van der Waals surface area contributed by atoms with Gasteiger partial charge in [-0.1, -0.05) is 65.7 Å². The third kappa shape index (κ3) is 7.75. The van der Waals surface area contributed by atoms with Crippen LogP contribution in [-0.4, -0.2) is 23.5 Å². The summed E-state index contributed by atoms with van der Waals surface area (Å²) >= 11 is 16.9. The minimum absolute atomic E-state index is 0.00955. The minimum Gasteiger partial charge on any atom is -0.492 e. The van der Waals surface area contributed by atoms with E-state index in [9.17, 15) is 9.59 Å². The lowest BCUT2D eigenvalue weighted by Gasteiger charge is -2.11. The van der Waals surface area contributed by atoms with Crippen LogP contribution < -0.4 is 20.9 Å². The Bertz CT molecular complexity index is 1130. The highest BCUT2D eigenvalue weighted by atomic mass is 35.5. The van der Waals surface area contributed by atoms with Gasteiger partial charge in [0.25, 0.3) is 5.91 Å². The maximum absolute atomic E-state index is 12.4. The second-order valence-corrected chi connectivity index (χ2v) is 8.18. The van der Waals surface area contributed by atoms with Gasteiger partial charge in [-0.2, -0.15) is 0 Å². The molecule has 33 heavy (non-hydrogen) atoms. The SMILES string of the molecule is O=C(CCCOc1ccc(Cl)cc1Cl)NNC(=S)NC(=O)c1ccc(-c2ccccc2)cc1. The molecule has 6 nitrogen and oxygen atoms in total. The van der Waals surface area contributed by atoms with Gasteiger partial charge >= 0.3 is 0 Å². The molecule has 2 amide bonds. The van der Waals surface area contributed by atoms with Crippen LogP contribution in [0.25, 0.3) is 11.1 Å². The average Bonchev–Trinajstić information content (AvgIpc) is 2.82. The highest BCUT2D eigenvalue weighted by molar-refractivity contribution is 7.80. The van der Waals surface area contributed by atoms with Gasteiger partial charge in [0, 0.05) is 17.0 Å². The highest BCUT2D eigenvalue weighted by Crippen LogP contribution is 2.27. The van der Waals surface area contributed by atoms with E-state index in [4.69, 9.17) is 40.2 Å². The molecule has 0 aliphatic rings. The number of hydrogen-bond acceptors (Lipinski definition) is 4. The molecule has 0 heterocycles. The molecule has 170 valence electrons. The number of thiocarbonyl (C=S) groups is 1. The molecule has 0 unspecified atom stereocenters. The molecule has 3 rings (SSSR count). The average molecular weight is 502 g/mol. The molecule has 3 aromatic carbocycles. The van der Waals surface area contributed by atoms with Crippen LogP contribution in [0.15, 0.2) is 72.8 Å². The largest absolute Gasteiger partial charge is 0.492 e. The van der Waals surface area contributed by atoms with Crippen LogP contribution in [0.1, 0.15) is 23.2 Å². The summed E-state index contributed by atoms with van der Waals surface area (Å²) in [7, 11) is 0. The van der Waals surface area contributed by atoms with Crippen LogP contribution in [0.4, 0.5) is 0 Å². The summed E-state index contributed by atoms with van der Waals surface area (Å²) in [5.74, 6) is -0.181. The van der Waals surface area contributed by atoms with Gasteiger partial charge in [0.2, 0.25) is 5.91 Å². The number of hydrogen-bond donors (Lipinski definition) is 3. The van der Waals surface area contributed by atoms with E-state index >= 15 is 0 Å². The van der Waals surface area contributed by atoms with Crippen LogP contribution in [0.3, 0.4) is 0 Å². The van der Waals surface area contributed by atoms with Gasteiger partial charge in [0.05, 0.1) is 11.6 Å². The zero-order chi connectivity index (χ0) is 23.6. The van der Waals surface area contributed by atoms with E-state index in [0.29, 0.717) is 34.4 Å². The molecule has 0 fully saturated rings. The van der Waals surface area contributed by atoms with Crippen LogP contribution in [0, 0.1) is 0 Å². The van der Waals surface area contributed by atoms with Gasteiger partial charge in [-0.3, -0.25) is 25.8 Å². The first-order valence-electron chi connectivity index (χ1n) is 10.1. The number of ether oxygens (including phenoxy) is 1. The lowest BCUT2D eigenvalue weighted by Crippen LogP contribution is -2.48. The number of amides is 2. The van der Waals surface area contributed by atoms with E-state index in [-0.39, 0.29) is 23.3 Å². The first kappa shape index (κ1) is 24.5. The lowest BCUT2D eigenvalue weighted by molar-refractivity contribution is -0.121. The van der Waals surface area contributed by atoms with Crippen molar-refractivity contribution >= 4 is 52.3 Å². The Kier molecular flexibility index (Phi) is 9.06. The molecular formula is C24H21Cl2N3O3S. The molecule has 3 aromatic rings. The van der Waals surface area contributed by atoms with Gasteiger partial charge in [-0.25, -0.2) is 0 Å². The summed E-state index contributed by atoms with van der Waals surface area (Å²) in [4.78, 5) is 24.3. The summed E-state index contributed by atoms with van der Waals surface area (Å²) in [5, 5.41) is 3.44. The Hall–Kier alpha value is -3.13. The molecule has 0 aromatic heterocycles. The third-order valence-electron chi connectivity index (χ3n) is 4.50. The molecule has 0 saturated carbocycles. The topological polar surface area (TPSA) is 79.5 Å². The number of nitrogens with one attached hydrogen (secondary N) is 3. The van der Waals surface area contributed by atoms with Crippen molar-refractivity contribution in [3.8, 4) is 16.9 Å². The molecule has 9 heteroatoms. The monoisotopic (exact) mass is 501 g/mol. The van der Waals surface area contributed by atoms with Gasteiger partial charge in [0.15, 0.2) is 5.11 Å². The highest BCUT2D eigenvalue weighted by Gasteiger charge is 2.09. The van der Waals surface area contributed by atoms with E-state index in [0.717, 1.165) is 11.1 Å². The van der Waals surface area contributed by atoms with E-state index < -0.39 is 0 Å². The Morgan fingerprint density at radius 3 is 2.27 bits per heavy atom. The summed E-state index contributed by atoms with van der Waals surface area (Å²) < 4.78 is 5.53. The molecular weight excluding hydrogens is 481 g/mol. The Morgan fingerprint density at radius 1 is 0.879 bits per heavy atom. The molecule has 0 aliphatic heterocycles. The molecule has 0 aliphatic carbocycles. The second kappa shape index (κ2) is 12.2. The zero-order valence-electron chi connectivity index (χ0n) is 17.4. The molecule has 0 atom stereocenters. The smallest absolute Gasteiger partial charge is 0.257 e. The van der Waals surface area contributed by atoms with Crippen molar-refractivity contribution in [2.75, 3.05) is 6.61 Å². The van der Waals surface area contributed by atoms with Crippen LogP contribution in [-0.2, 0) is 4.79 Å². The first-order valence-corrected chi connectivity index (χ1v) is 11.2. The number of carbonyl (C=O) groups is 2. The third-order valence-corrected chi connectivity index (χ3v) is 5.23. The van der Waals surface area contributed by atoms with Crippen molar-refractivity contribution in [3.05, 3.63) is 88.4 Å². The molecule has 0 saturated heterocycles. The maximum atomic E-state index is 12.4. The fourth-order valence-corrected chi connectivity index (χ4v) is 3.45. The van der Waals surface area contributed by atoms with Crippen molar-refractivity contribution in [1.82, 2.24) is 16.2 Å². The number of carbonyl (C=O) groups excluding carboxylic acids is 2. The van der Waals surface area contributed by atoms with Crippen molar-refractivity contribution in [1.29, 1.82) is 0 Å². The summed E-state index contributed by atoms with van der Waals surface area (Å²) in [6, 6.07) is 21.9.